The summed E-state index contributed by atoms with van der Waals surface area (Å²) in [6.07, 6.45) is 3.97. The maximum absolute atomic E-state index is 12.4. The van der Waals surface area contributed by atoms with Gasteiger partial charge < -0.3 is 14.3 Å². The van der Waals surface area contributed by atoms with E-state index >= 15 is 0 Å². The fraction of sp³-hybridized carbons (Fsp3) is 0.238. The van der Waals surface area contributed by atoms with Crippen LogP contribution in [0.2, 0.25) is 0 Å². The molecule has 1 aliphatic rings. The summed E-state index contributed by atoms with van der Waals surface area (Å²) in [6, 6.07) is 10.4. The van der Waals surface area contributed by atoms with E-state index in [2.05, 4.69) is 26.3 Å². The van der Waals surface area contributed by atoms with Crippen molar-refractivity contribution < 1.29 is 9.21 Å². The third-order valence-corrected chi connectivity index (χ3v) is 5.55. The Morgan fingerprint density at radius 3 is 2.61 bits per heavy atom. The standard InChI is InChI=1S/C21H17N7O3/c22-10-13-1-3-15(4-2-13)20-25-26-21(31-20)16-11-23-28-17(9-18(30)24-19(16)28)14-5-7-27(12-29)8-6-14/h1-4,9,11-12,14H,5-8H2,(H,24,30). The highest BCUT2D eigenvalue weighted by atomic mass is 16.4. The average Bonchev–Trinajstić information content (AvgIpc) is 3.46. The van der Waals surface area contributed by atoms with Gasteiger partial charge in [-0.1, -0.05) is 0 Å². The largest absolute Gasteiger partial charge is 0.416 e. The average molecular weight is 415 g/mol. The number of benzene rings is 1. The Balaban J connectivity index is 1.51. The van der Waals surface area contributed by atoms with Gasteiger partial charge in [0.2, 0.25) is 12.3 Å². The molecule has 0 atom stereocenters. The lowest BCUT2D eigenvalue weighted by Gasteiger charge is -2.29. The van der Waals surface area contributed by atoms with Crippen molar-refractivity contribution in [3.05, 3.63) is 58.1 Å². The zero-order chi connectivity index (χ0) is 21.4. The minimum absolute atomic E-state index is 0.116. The van der Waals surface area contributed by atoms with Crippen LogP contribution in [0, 0.1) is 11.3 Å². The number of aromatic nitrogens is 5. The number of nitriles is 1. The lowest BCUT2D eigenvalue weighted by atomic mass is 9.93. The maximum Gasteiger partial charge on any atom is 0.253 e. The minimum Gasteiger partial charge on any atom is -0.416 e. The van der Waals surface area contributed by atoms with Gasteiger partial charge in [-0.3, -0.25) is 9.59 Å². The first-order valence-electron chi connectivity index (χ1n) is 9.81. The Morgan fingerprint density at radius 1 is 1.16 bits per heavy atom. The number of hydrogen-bond donors (Lipinski definition) is 1. The van der Waals surface area contributed by atoms with Gasteiger partial charge in [-0.2, -0.15) is 10.4 Å². The second-order valence-corrected chi connectivity index (χ2v) is 7.39. The van der Waals surface area contributed by atoms with Crippen LogP contribution < -0.4 is 5.56 Å². The van der Waals surface area contributed by atoms with Gasteiger partial charge in [-0.25, -0.2) is 4.52 Å². The monoisotopic (exact) mass is 415 g/mol. The number of H-pyrrole nitrogens is 1. The Hall–Kier alpha value is -4.26. The highest BCUT2D eigenvalue weighted by molar-refractivity contribution is 5.71. The molecule has 154 valence electrons. The van der Waals surface area contributed by atoms with Crippen LogP contribution in [-0.4, -0.2) is 49.2 Å². The molecule has 1 amide bonds. The van der Waals surface area contributed by atoms with E-state index in [0.717, 1.165) is 24.9 Å². The van der Waals surface area contributed by atoms with Crippen LogP contribution in [0.25, 0.3) is 28.6 Å². The van der Waals surface area contributed by atoms with Crippen molar-refractivity contribution in [3.8, 4) is 29.0 Å². The molecule has 1 saturated heterocycles. The number of rotatable bonds is 4. The van der Waals surface area contributed by atoms with E-state index in [1.54, 1.807) is 45.9 Å². The quantitative estimate of drug-likeness (QED) is 0.504. The van der Waals surface area contributed by atoms with Crippen molar-refractivity contribution in [3.63, 3.8) is 0 Å². The number of aromatic amines is 1. The number of amides is 1. The molecule has 0 saturated carbocycles. The first-order chi connectivity index (χ1) is 15.2. The van der Waals surface area contributed by atoms with Gasteiger partial charge in [0.05, 0.1) is 23.5 Å². The predicted molar refractivity (Wildman–Crippen MR) is 109 cm³/mol. The first kappa shape index (κ1) is 18.7. The topological polar surface area (TPSA) is 133 Å². The van der Waals surface area contributed by atoms with Gasteiger partial charge in [-0.15, -0.1) is 10.2 Å². The molecule has 0 spiro atoms. The number of likely N-dealkylation sites (tertiary alicyclic amines) is 1. The normalized spacial score (nSPS) is 14.6. The number of fused-ring (bicyclic) bond motifs is 1. The van der Waals surface area contributed by atoms with Crippen LogP contribution in [0.5, 0.6) is 0 Å². The Morgan fingerprint density at radius 2 is 1.90 bits per heavy atom. The van der Waals surface area contributed by atoms with Gasteiger partial charge in [0.15, 0.2) is 0 Å². The Bertz CT molecular complexity index is 1350. The first-order valence-corrected chi connectivity index (χ1v) is 9.81. The highest BCUT2D eigenvalue weighted by Crippen LogP contribution is 2.30. The molecule has 4 heterocycles. The summed E-state index contributed by atoms with van der Waals surface area (Å²) in [4.78, 5) is 27.9. The van der Waals surface area contributed by atoms with E-state index < -0.39 is 0 Å². The molecule has 4 aromatic rings. The van der Waals surface area contributed by atoms with Crippen molar-refractivity contribution >= 4 is 12.1 Å². The van der Waals surface area contributed by atoms with E-state index in [1.807, 2.05) is 0 Å². The van der Waals surface area contributed by atoms with Crippen LogP contribution in [0.4, 0.5) is 0 Å². The van der Waals surface area contributed by atoms with E-state index in [0.29, 0.717) is 41.3 Å². The number of carbonyl (C=O) groups is 1. The molecule has 10 nitrogen and oxygen atoms in total. The second-order valence-electron chi connectivity index (χ2n) is 7.39. The third kappa shape index (κ3) is 3.36. The molecule has 1 aromatic carbocycles. The van der Waals surface area contributed by atoms with Crippen molar-refractivity contribution in [2.75, 3.05) is 13.1 Å². The SMILES string of the molecule is N#Cc1ccc(-c2nnc(-c3cnn4c(C5CCN(C=O)CC5)cc(=O)[nH]c34)o2)cc1. The molecule has 3 aromatic heterocycles. The molecule has 0 radical (unpaired) electrons. The zero-order valence-corrected chi connectivity index (χ0v) is 16.4. The van der Waals surface area contributed by atoms with Gasteiger partial charge in [0.1, 0.15) is 11.2 Å². The minimum atomic E-state index is -0.242. The molecular formula is C21H17N7O3. The summed E-state index contributed by atoms with van der Waals surface area (Å²) < 4.78 is 7.52. The molecule has 1 fully saturated rings. The smallest absolute Gasteiger partial charge is 0.253 e. The van der Waals surface area contributed by atoms with Crippen molar-refractivity contribution in [1.29, 1.82) is 5.26 Å². The molecule has 10 heteroatoms. The van der Waals surface area contributed by atoms with Crippen LogP contribution in [0.15, 0.2) is 45.7 Å². The molecular weight excluding hydrogens is 398 g/mol. The van der Waals surface area contributed by atoms with Crippen molar-refractivity contribution in [1.82, 2.24) is 29.7 Å². The lowest BCUT2D eigenvalue weighted by molar-refractivity contribution is -0.119. The van der Waals surface area contributed by atoms with E-state index in [-0.39, 0.29) is 17.4 Å². The van der Waals surface area contributed by atoms with Crippen molar-refractivity contribution in [2.24, 2.45) is 0 Å². The van der Waals surface area contributed by atoms with Crippen LogP contribution >= 0.6 is 0 Å². The number of nitrogens with zero attached hydrogens (tertiary/aromatic N) is 6. The van der Waals surface area contributed by atoms with Gasteiger partial charge in [-0.05, 0) is 37.1 Å². The molecule has 1 aliphatic heterocycles. The van der Waals surface area contributed by atoms with E-state index in [9.17, 15) is 9.59 Å². The van der Waals surface area contributed by atoms with E-state index in [1.165, 1.54) is 0 Å². The lowest BCUT2D eigenvalue weighted by Crippen LogP contribution is -2.32. The molecule has 1 N–H and O–H groups in total. The summed E-state index contributed by atoms with van der Waals surface area (Å²) in [7, 11) is 0. The fourth-order valence-corrected chi connectivity index (χ4v) is 3.90. The fourth-order valence-electron chi connectivity index (χ4n) is 3.90. The molecule has 0 bridgehead atoms. The highest BCUT2D eigenvalue weighted by Gasteiger charge is 2.24. The molecule has 0 unspecified atom stereocenters. The van der Waals surface area contributed by atoms with Gasteiger partial charge in [0.25, 0.3) is 11.4 Å². The van der Waals surface area contributed by atoms with Crippen LogP contribution in [-0.2, 0) is 4.79 Å². The summed E-state index contributed by atoms with van der Waals surface area (Å²) in [5.41, 5.74) is 2.78. The second kappa shape index (κ2) is 7.53. The number of hydrogen-bond acceptors (Lipinski definition) is 7. The molecule has 31 heavy (non-hydrogen) atoms. The Labute approximate surface area is 175 Å². The third-order valence-electron chi connectivity index (χ3n) is 5.55. The van der Waals surface area contributed by atoms with Crippen molar-refractivity contribution in [2.45, 2.75) is 18.8 Å². The summed E-state index contributed by atoms with van der Waals surface area (Å²) in [6.45, 7) is 1.29. The summed E-state index contributed by atoms with van der Waals surface area (Å²) in [5, 5.41) is 21.6. The predicted octanol–water partition coefficient (Wildman–Crippen LogP) is 1.95. The number of nitrogens with one attached hydrogen (secondary N) is 1. The van der Waals surface area contributed by atoms with Crippen LogP contribution in [0.1, 0.15) is 30.0 Å². The maximum atomic E-state index is 12.4. The number of carbonyl (C=O) groups excluding carboxylic acids is 1. The number of piperidine rings is 1. The van der Waals surface area contributed by atoms with Gasteiger partial charge >= 0.3 is 0 Å². The molecule has 5 rings (SSSR count). The Kier molecular flexibility index (Phi) is 4.55. The van der Waals surface area contributed by atoms with Gasteiger partial charge in [0, 0.05) is 30.6 Å². The molecule has 0 aliphatic carbocycles. The van der Waals surface area contributed by atoms with Crippen LogP contribution in [0.3, 0.4) is 0 Å². The summed E-state index contributed by atoms with van der Waals surface area (Å²) >= 11 is 0. The van der Waals surface area contributed by atoms with E-state index in [4.69, 9.17) is 9.68 Å². The summed E-state index contributed by atoms with van der Waals surface area (Å²) in [5.74, 6) is 0.655. The zero-order valence-electron chi connectivity index (χ0n) is 16.4.